The molecule has 1 aromatic rings. The third kappa shape index (κ3) is 5.82. The van der Waals surface area contributed by atoms with Gasteiger partial charge in [-0.2, -0.15) is 0 Å². The van der Waals surface area contributed by atoms with Gasteiger partial charge >= 0.3 is 0 Å². The van der Waals surface area contributed by atoms with Crippen LogP contribution < -0.4 is 10.5 Å². The number of benzene rings is 1. The molecule has 0 fully saturated rings. The second kappa shape index (κ2) is 7.22. The summed E-state index contributed by atoms with van der Waals surface area (Å²) in [5, 5.41) is 7.49. The van der Waals surface area contributed by atoms with E-state index >= 15 is 0 Å². The van der Waals surface area contributed by atoms with Gasteiger partial charge in [-0.15, -0.1) is 0 Å². The highest BCUT2D eigenvalue weighted by Crippen LogP contribution is 2.15. The molecule has 0 aliphatic carbocycles. The minimum Gasteiger partial charge on any atom is -0.367 e. The Balaban J connectivity index is 2.47. The number of sulfonamides is 1. The molecule has 1 unspecified atom stereocenters. The van der Waals surface area contributed by atoms with Crippen LogP contribution >= 0.6 is 0 Å². The molecule has 1 aromatic carbocycles. The van der Waals surface area contributed by atoms with Crippen molar-refractivity contribution in [3.05, 3.63) is 35.9 Å². The predicted octanol–water partition coefficient (Wildman–Crippen LogP) is 0.169. The Kier molecular flexibility index (Phi) is 5.94. The van der Waals surface area contributed by atoms with Crippen molar-refractivity contribution in [3.63, 3.8) is 0 Å². The third-order valence-electron chi connectivity index (χ3n) is 2.48. The number of rotatable bonds is 7. The number of amides is 1. The van der Waals surface area contributed by atoms with Gasteiger partial charge in [-0.1, -0.05) is 30.3 Å². The maximum absolute atomic E-state index is 11.9. The van der Waals surface area contributed by atoms with Gasteiger partial charge in [-0.3, -0.25) is 4.79 Å². The lowest BCUT2D eigenvalue weighted by atomic mass is 10.1. The average Bonchev–Trinajstić information content (AvgIpc) is 2.36. The van der Waals surface area contributed by atoms with Gasteiger partial charge in [-0.05, 0) is 12.0 Å². The Morgan fingerprint density at radius 1 is 1.37 bits per heavy atom. The van der Waals surface area contributed by atoms with Crippen LogP contribution in [0, 0.1) is 0 Å². The molecule has 0 radical (unpaired) electrons. The normalized spacial score (nSPS) is 12.9. The van der Waals surface area contributed by atoms with Crippen molar-refractivity contribution in [1.82, 2.24) is 5.32 Å². The summed E-state index contributed by atoms with van der Waals surface area (Å²) in [4.78, 5) is 11.9. The van der Waals surface area contributed by atoms with E-state index in [4.69, 9.17) is 9.88 Å². The Labute approximate surface area is 113 Å². The van der Waals surface area contributed by atoms with Gasteiger partial charge < -0.3 is 10.1 Å². The van der Waals surface area contributed by atoms with E-state index in [1.54, 1.807) is 12.1 Å². The van der Waals surface area contributed by atoms with E-state index in [0.29, 0.717) is 0 Å². The maximum atomic E-state index is 11.9. The second-order valence-corrected chi connectivity index (χ2v) is 5.77. The molecule has 7 heteroatoms. The Morgan fingerprint density at radius 2 is 2.00 bits per heavy atom. The molecule has 0 saturated heterocycles. The molecule has 0 aliphatic rings. The van der Waals surface area contributed by atoms with Gasteiger partial charge in [0, 0.05) is 13.7 Å². The Morgan fingerprint density at radius 3 is 2.53 bits per heavy atom. The highest BCUT2D eigenvalue weighted by Gasteiger charge is 2.19. The first-order valence-corrected chi connectivity index (χ1v) is 7.51. The minimum atomic E-state index is -3.48. The fourth-order valence-electron chi connectivity index (χ4n) is 1.60. The molecule has 0 spiro atoms. The monoisotopic (exact) mass is 286 g/mol. The molecule has 6 nitrogen and oxygen atoms in total. The molecule has 3 N–H and O–H groups in total. The first-order chi connectivity index (χ1) is 8.94. The minimum absolute atomic E-state index is 0.156. The van der Waals surface area contributed by atoms with E-state index in [0.717, 1.165) is 5.56 Å². The SMILES string of the molecule is COC(C(=O)NCCCS(N)(=O)=O)c1ccccc1. The summed E-state index contributed by atoms with van der Waals surface area (Å²) < 4.78 is 26.6. The lowest BCUT2D eigenvalue weighted by molar-refractivity contribution is -0.131. The average molecular weight is 286 g/mol. The lowest BCUT2D eigenvalue weighted by Crippen LogP contribution is -2.32. The number of ether oxygens (including phenoxy) is 1. The van der Waals surface area contributed by atoms with Gasteiger partial charge in [-0.25, -0.2) is 13.6 Å². The fourth-order valence-corrected chi connectivity index (χ4v) is 2.15. The van der Waals surface area contributed by atoms with Crippen LogP contribution in [0.15, 0.2) is 30.3 Å². The van der Waals surface area contributed by atoms with Crippen molar-refractivity contribution in [2.75, 3.05) is 19.4 Å². The predicted molar refractivity (Wildman–Crippen MR) is 71.8 cm³/mol. The molecule has 19 heavy (non-hydrogen) atoms. The standard InChI is InChI=1S/C12H18N2O4S/c1-18-11(10-6-3-2-4-7-10)12(15)14-8-5-9-19(13,16)17/h2-4,6-7,11H,5,8-9H2,1H3,(H,14,15)(H2,13,16,17). The molecule has 1 rings (SSSR count). The maximum Gasteiger partial charge on any atom is 0.253 e. The number of carbonyl (C=O) groups excluding carboxylic acids is 1. The summed E-state index contributed by atoms with van der Waals surface area (Å²) in [5.74, 6) is -0.459. The van der Waals surface area contributed by atoms with Crippen molar-refractivity contribution in [2.24, 2.45) is 5.14 Å². The number of hydrogen-bond acceptors (Lipinski definition) is 4. The summed E-state index contributed by atoms with van der Waals surface area (Å²) in [6.45, 7) is 0.238. The number of carbonyl (C=O) groups is 1. The highest BCUT2D eigenvalue weighted by molar-refractivity contribution is 7.89. The lowest BCUT2D eigenvalue weighted by Gasteiger charge is -2.15. The van der Waals surface area contributed by atoms with Crippen molar-refractivity contribution >= 4 is 15.9 Å². The third-order valence-corrected chi connectivity index (χ3v) is 3.34. The number of hydrogen-bond donors (Lipinski definition) is 2. The van der Waals surface area contributed by atoms with Crippen LogP contribution in [0.2, 0.25) is 0 Å². The van der Waals surface area contributed by atoms with Crippen LogP contribution in [0.3, 0.4) is 0 Å². The van der Waals surface area contributed by atoms with Gasteiger partial charge in [0.2, 0.25) is 10.0 Å². The largest absolute Gasteiger partial charge is 0.367 e. The van der Waals surface area contributed by atoms with E-state index in [-0.39, 0.29) is 24.6 Å². The number of primary sulfonamides is 1. The molecule has 0 heterocycles. The van der Waals surface area contributed by atoms with Crippen LogP contribution in [0.25, 0.3) is 0 Å². The van der Waals surface area contributed by atoms with Crippen LogP contribution in [-0.2, 0) is 19.6 Å². The number of nitrogens with one attached hydrogen (secondary N) is 1. The van der Waals surface area contributed by atoms with Gasteiger partial charge in [0.1, 0.15) is 0 Å². The summed E-state index contributed by atoms with van der Waals surface area (Å²) in [7, 11) is -2.04. The van der Waals surface area contributed by atoms with E-state index in [2.05, 4.69) is 5.32 Å². The van der Waals surface area contributed by atoms with Gasteiger partial charge in [0.15, 0.2) is 6.10 Å². The zero-order chi connectivity index (χ0) is 14.3. The topological polar surface area (TPSA) is 98.5 Å². The van der Waals surface area contributed by atoms with Crippen LogP contribution in [-0.4, -0.2) is 33.7 Å². The van der Waals surface area contributed by atoms with Crippen LogP contribution in [0.1, 0.15) is 18.1 Å². The smallest absolute Gasteiger partial charge is 0.253 e. The van der Waals surface area contributed by atoms with E-state index < -0.39 is 16.1 Å². The Hall–Kier alpha value is -1.44. The van der Waals surface area contributed by atoms with Gasteiger partial charge in [0.25, 0.3) is 5.91 Å². The van der Waals surface area contributed by atoms with Crippen molar-refractivity contribution in [1.29, 1.82) is 0 Å². The number of nitrogens with two attached hydrogens (primary N) is 1. The van der Waals surface area contributed by atoms with Crippen molar-refractivity contribution in [2.45, 2.75) is 12.5 Å². The summed E-state index contributed by atoms with van der Waals surface area (Å²) >= 11 is 0. The molecule has 106 valence electrons. The highest BCUT2D eigenvalue weighted by atomic mass is 32.2. The Bertz CT molecular complexity index is 502. The zero-order valence-corrected chi connectivity index (χ0v) is 11.5. The van der Waals surface area contributed by atoms with E-state index in [1.807, 2.05) is 18.2 Å². The molecular weight excluding hydrogens is 268 g/mol. The summed E-state index contributed by atoms with van der Waals surface area (Å²) in [6, 6.07) is 9.06. The molecule has 0 aromatic heterocycles. The molecule has 0 saturated carbocycles. The molecule has 0 aliphatic heterocycles. The second-order valence-electron chi connectivity index (χ2n) is 4.04. The van der Waals surface area contributed by atoms with Crippen molar-refractivity contribution in [3.8, 4) is 0 Å². The first kappa shape index (κ1) is 15.6. The van der Waals surface area contributed by atoms with E-state index in [1.165, 1.54) is 7.11 Å². The molecule has 1 atom stereocenters. The summed E-state index contributed by atoms with van der Waals surface area (Å²) in [6.07, 6.45) is -0.425. The van der Waals surface area contributed by atoms with E-state index in [9.17, 15) is 13.2 Å². The van der Waals surface area contributed by atoms with Gasteiger partial charge in [0.05, 0.1) is 5.75 Å². The van der Waals surface area contributed by atoms with Crippen LogP contribution in [0.5, 0.6) is 0 Å². The number of methoxy groups -OCH3 is 1. The summed E-state index contributed by atoms with van der Waals surface area (Å²) in [5.41, 5.74) is 0.744. The first-order valence-electron chi connectivity index (χ1n) is 5.80. The molecule has 0 bridgehead atoms. The molecular formula is C12H18N2O4S. The van der Waals surface area contributed by atoms with Crippen molar-refractivity contribution < 1.29 is 17.9 Å². The molecule has 1 amide bonds. The fraction of sp³-hybridized carbons (Fsp3) is 0.417. The zero-order valence-electron chi connectivity index (χ0n) is 10.7. The quantitative estimate of drug-likeness (QED) is 0.698. The van der Waals surface area contributed by atoms with Crippen LogP contribution in [0.4, 0.5) is 0 Å².